The van der Waals surface area contributed by atoms with E-state index in [0.29, 0.717) is 6.04 Å². The van der Waals surface area contributed by atoms with Gasteiger partial charge in [0.15, 0.2) is 0 Å². The van der Waals surface area contributed by atoms with Crippen LogP contribution in [-0.4, -0.2) is 35.0 Å². The van der Waals surface area contributed by atoms with Crippen LogP contribution < -0.4 is 5.32 Å². The van der Waals surface area contributed by atoms with Crippen LogP contribution in [0, 0.1) is 16.7 Å². The Hall–Kier alpha value is -1.08. The first-order chi connectivity index (χ1) is 9.00. The van der Waals surface area contributed by atoms with E-state index in [1.54, 1.807) is 0 Å². The second-order valence-corrected chi connectivity index (χ2v) is 7.01. The van der Waals surface area contributed by atoms with Crippen molar-refractivity contribution in [2.45, 2.75) is 70.0 Å². The first-order valence-corrected chi connectivity index (χ1v) is 7.48. The number of nitriles is 1. The summed E-state index contributed by atoms with van der Waals surface area (Å²) in [5, 5.41) is 12.6. The van der Waals surface area contributed by atoms with E-state index in [2.05, 4.69) is 30.1 Å². The average Bonchev–Trinajstić information content (AvgIpc) is 3.01. The summed E-state index contributed by atoms with van der Waals surface area (Å²) in [6.45, 7) is 4.99. The minimum Gasteiger partial charge on any atom is -0.350 e. The van der Waals surface area contributed by atoms with Crippen molar-refractivity contribution < 1.29 is 4.79 Å². The highest BCUT2D eigenvalue weighted by atomic mass is 16.2. The smallest absolute Gasteiger partial charge is 0.228 e. The Morgan fingerprint density at radius 1 is 1.42 bits per heavy atom. The van der Waals surface area contributed by atoms with Gasteiger partial charge in [0.2, 0.25) is 5.91 Å². The SMILES string of the molecule is CC(C)N1CC2(CC1C#N)CC1(CCCC1)NC2=O. The molecular weight excluding hydrogens is 238 g/mol. The molecule has 2 aliphatic heterocycles. The number of nitrogens with zero attached hydrogens (tertiary/aromatic N) is 2. The molecule has 2 saturated heterocycles. The highest BCUT2D eigenvalue weighted by molar-refractivity contribution is 5.87. The second-order valence-electron chi connectivity index (χ2n) is 7.01. The van der Waals surface area contributed by atoms with Gasteiger partial charge in [-0.15, -0.1) is 0 Å². The van der Waals surface area contributed by atoms with E-state index in [1.165, 1.54) is 12.8 Å². The quantitative estimate of drug-likeness (QED) is 0.783. The lowest BCUT2D eigenvalue weighted by atomic mass is 9.78. The van der Waals surface area contributed by atoms with Gasteiger partial charge in [-0.3, -0.25) is 9.69 Å². The maximum Gasteiger partial charge on any atom is 0.228 e. The van der Waals surface area contributed by atoms with Gasteiger partial charge in [-0.1, -0.05) is 12.8 Å². The van der Waals surface area contributed by atoms with Gasteiger partial charge in [0, 0.05) is 18.1 Å². The maximum absolute atomic E-state index is 12.5. The third kappa shape index (κ3) is 1.87. The third-order valence-electron chi connectivity index (χ3n) is 5.38. The molecule has 3 rings (SSSR count). The van der Waals surface area contributed by atoms with Crippen LogP contribution >= 0.6 is 0 Å². The van der Waals surface area contributed by atoms with Crippen LogP contribution in [0.5, 0.6) is 0 Å². The first-order valence-electron chi connectivity index (χ1n) is 7.48. The fourth-order valence-corrected chi connectivity index (χ4v) is 4.47. The Balaban J connectivity index is 1.85. The topological polar surface area (TPSA) is 56.1 Å². The summed E-state index contributed by atoms with van der Waals surface area (Å²) in [6, 6.07) is 2.63. The summed E-state index contributed by atoms with van der Waals surface area (Å²) in [4.78, 5) is 14.7. The van der Waals surface area contributed by atoms with E-state index in [4.69, 9.17) is 0 Å². The number of hydrogen-bond acceptors (Lipinski definition) is 3. The fourth-order valence-electron chi connectivity index (χ4n) is 4.47. The van der Waals surface area contributed by atoms with Crippen molar-refractivity contribution in [1.29, 1.82) is 5.26 Å². The van der Waals surface area contributed by atoms with Crippen molar-refractivity contribution in [3.05, 3.63) is 0 Å². The molecule has 1 N–H and O–H groups in total. The third-order valence-corrected chi connectivity index (χ3v) is 5.38. The molecule has 19 heavy (non-hydrogen) atoms. The first kappa shape index (κ1) is 12.9. The molecule has 104 valence electrons. The monoisotopic (exact) mass is 261 g/mol. The van der Waals surface area contributed by atoms with Gasteiger partial charge in [0.05, 0.1) is 17.5 Å². The molecule has 2 unspecified atom stereocenters. The molecule has 0 radical (unpaired) electrons. The Bertz CT molecular complexity index is 433. The van der Waals surface area contributed by atoms with Gasteiger partial charge in [0.25, 0.3) is 0 Å². The summed E-state index contributed by atoms with van der Waals surface area (Å²) < 4.78 is 0. The van der Waals surface area contributed by atoms with E-state index in [-0.39, 0.29) is 22.9 Å². The minimum atomic E-state index is -0.297. The van der Waals surface area contributed by atoms with Crippen molar-refractivity contribution in [3.8, 4) is 6.07 Å². The molecule has 3 aliphatic rings. The van der Waals surface area contributed by atoms with E-state index >= 15 is 0 Å². The number of carbonyl (C=O) groups is 1. The van der Waals surface area contributed by atoms with Crippen molar-refractivity contribution in [2.24, 2.45) is 5.41 Å². The highest BCUT2D eigenvalue weighted by Gasteiger charge is 2.59. The largest absolute Gasteiger partial charge is 0.350 e. The van der Waals surface area contributed by atoms with Crippen LogP contribution in [0.2, 0.25) is 0 Å². The van der Waals surface area contributed by atoms with Crippen molar-refractivity contribution >= 4 is 5.91 Å². The molecule has 4 heteroatoms. The molecular formula is C15H23N3O. The fraction of sp³-hybridized carbons (Fsp3) is 0.867. The molecule has 2 atom stereocenters. The number of hydrogen-bond donors (Lipinski definition) is 1. The van der Waals surface area contributed by atoms with Crippen molar-refractivity contribution in [1.82, 2.24) is 10.2 Å². The zero-order chi connectivity index (χ0) is 13.7. The van der Waals surface area contributed by atoms with Crippen LogP contribution in [0.3, 0.4) is 0 Å². The molecule has 0 aromatic rings. The zero-order valence-corrected chi connectivity index (χ0v) is 11.9. The van der Waals surface area contributed by atoms with Crippen LogP contribution in [0.4, 0.5) is 0 Å². The lowest BCUT2D eigenvalue weighted by Gasteiger charge is -2.26. The molecule has 1 aliphatic carbocycles. The molecule has 0 bridgehead atoms. The van der Waals surface area contributed by atoms with E-state index in [1.807, 2.05) is 0 Å². The molecule has 3 fully saturated rings. The summed E-state index contributed by atoms with van der Waals surface area (Å²) >= 11 is 0. The van der Waals surface area contributed by atoms with Gasteiger partial charge < -0.3 is 5.32 Å². The highest BCUT2D eigenvalue weighted by Crippen LogP contribution is 2.50. The predicted octanol–water partition coefficient (Wildman–Crippen LogP) is 1.81. The molecule has 2 spiro atoms. The summed E-state index contributed by atoms with van der Waals surface area (Å²) in [5.41, 5.74) is -0.237. The van der Waals surface area contributed by atoms with Crippen LogP contribution in [0.25, 0.3) is 0 Å². The summed E-state index contributed by atoms with van der Waals surface area (Å²) in [6.07, 6.45) is 6.37. The summed E-state index contributed by atoms with van der Waals surface area (Å²) in [5.74, 6) is 0.206. The Morgan fingerprint density at radius 2 is 2.11 bits per heavy atom. The number of nitrogens with one attached hydrogen (secondary N) is 1. The van der Waals surface area contributed by atoms with E-state index in [0.717, 1.165) is 32.2 Å². The molecule has 0 aromatic heterocycles. The van der Waals surface area contributed by atoms with Crippen LogP contribution in [-0.2, 0) is 4.79 Å². The van der Waals surface area contributed by atoms with Crippen LogP contribution in [0.1, 0.15) is 52.4 Å². The van der Waals surface area contributed by atoms with Gasteiger partial charge in [-0.2, -0.15) is 5.26 Å². The van der Waals surface area contributed by atoms with E-state index < -0.39 is 0 Å². The second kappa shape index (κ2) is 4.21. The molecule has 2 heterocycles. The zero-order valence-electron chi connectivity index (χ0n) is 11.9. The van der Waals surface area contributed by atoms with Crippen molar-refractivity contribution in [2.75, 3.05) is 6.54 Å². The number of likely N-dealkylation sites (tertiary alicyclic amines) is 1. The standard InChI is InChI=1S/C15H23N3O/c1-11(2)18-10-14(7-12(18)8-16)9-15(17-13(14)19)5-3-4-6-15/h11-12H,3-7,9-10H2,1-2H3,(H,17,19). The molecule has 4 nitrogen and oxygen atoms in total. The molecule has 0 aromatic carbocycles. The summed E-state index contributed by atoms with van der Waals surface area (Å²) in [7, 11) is 0. The molecule has 1 saturated carbocycles. The Kier molecular flexibility index (Phi) is 2.86. The van der Waals surface area contributed by atoms with Gasteiger partial charge in [-0.25, -0.2) is 0 Å². The van der Waals surface area contributed by atoms with Crippen molar-refractivity contribution in [3.63, 3.8) is 0 Å². The van der Waals surface area contributed by atoms with E-state index in [9.17, 15) is 10.1 Å². The number of carbonyl (C=O) groups excluding carboxylic acids is 1. The lowest BCUT2D eigenvalue weighted by Crippen LogP contribution is -2.39. The maximum atomic E-state index is 12.5. The molecule has 1 amide bonds. The number of rotatable bonds is 1. The number of amides is 1. The van der Waals surface area contributed by atoms with Gasteiger partial charge in [-0.05, 0) is 39.5 Å². The predicted molar refractivity (Wildman–Crippen MR) is 72.3 cm³/mol. The van der Waals surface area contributed by atoms with Crippen LogP contribution in [0.15, 0.2) is 0 Å². The average molecular weight is 261 g/mol. The van der Waals surface area contributed by atoms with Gasteiger partial charge in [0.1, 0.15) is 0 Å². The minimum absolute atomic E-state index is 0.0596. The Morgan fingerprint density at radius 3 is 2.63 bits per heavy atom. The normalized spacial score (nSPS) is 37.4. The Labute approximate surface area is 115 Å². The lowest BCUT2D eigenvalue weighted by molar-refractivity contribution is -0.127. The van der Waals surface area contributed by atoms with Gasteiger partial charge >= 0.3 is 0 Å².